The summed E-state index contributed by atoms with van der Waals surface area (Å²) < 4.78 is 0. The molecule has 4 nitrogen and oxygen atoms in total. The molecule has 88 valence electrons. The Morgan fingerprint density at radius 1 is 1.50 bits per heavy atom. The molecule has 1 aromatic heterocycles. The molecule has 1 amide bonds. The molecule has 0 aliphatic rings. The smallest absolute Gasteiger partial charge is 0.255 e. The Hall–Kier alpha value is -1.16. The second kappa shape index (κ2) is 5.25. The molecule has 1 unspecified atom stereocenters. The zero-order valence-electron chi connectivity index (χ0n) is 9.99. The van der Waals surface area contributed by atoms with Crippen molar-refractivity contribution in [3.05, 3.63) is 23.0 Å². The number of hydrogen-bond donors (Lipinski definition) is 0. The minimum atomic E-state index is -0.0661. The predicted molar refractivity (Wildman–Crippen MR) is 63.8 cm³/mol. The van der Waals surface area contributed by atoms with E-state index >= 15 is 0 Å². The minimum Gasteiger partial charge on any atom is -0.338 e. The first kappa shape index (κ1) is 12.9. The van der Waals surface area contributed by atoms with Crippen LogP contribution in [0.15, 0.2) is 6.07 Å². The Balaban J connectivity index is 3.00. The third kappa shape index (κ3) is 2.70. The van der Waals surface area contributed by atoms with Crippen LogP contribution >= 0.6 is 11.6 Å². The van der Waals surface area contributed by atoms with E-state index < -0.39 is 0 Å². The lowest BCUT2D eigenvalue weighted by Gasteiger charge is -2.23. The van der Waals surface area contributed by atoms with Crippen molar-refractivity contribution in [2.24, 2.45) is 0 Å². The van der Waals surface area contributed by atoms with Crippen LogP contribution in [0, 0.1) is 13.8 Å². The van der Waals surface area contributed by atoms with Crippen LogP contribution in [0.25, 0.3) is 0 Å². The molecule has 0 saturated heterocycles. The molecular weight excluding hydrogens is 226 g/mol. The van der Waals surface area contributed by atoms with E-state index in [1.54, 1.807) is 24.9 Å². The van der Waals surface area contributed by atoms with Crippen LogP contribution in [-0.4, -0.2) is 40.0 Å². The van der Waals surface area contributed by atoms with Gasteiger partial charge in [-0.2, -0.15) is 10.2 Å². The van der Waals surface area contributed by atoms with Gasteiger partial charge in [0.05, 0.1) is 17.0 Å². The summed E-state index contributed by atoms with van der Waals surface area (Å²) in [5.41, 5.74) is 1.97. The summed E-state index contributed by atoms with van der Waals surface area (Å²) in [5.74, 6) is 0.349. The van der Waals surface area contributed by atoms with Crippen LogP contribution in [0.5, 0.6) is 0 Å². The van der Waals surface area contributed by atoms with E-state index in [2.05, 4.69) is 10.2 Å². The van der Waals surface area contributed by atoms with Gasteiger partial charge in [0, 0.05) is 19.0 Å². The molecule has 5 heteroatoms. The maximum Gasteiger partial charge on any atom is 0.255 e. The van der Waals surface area contributed by atoms with Gasteiger partial charge in [-0.15, -0.1) is 11.6 Å². The van der Waals surface area contributed by atoms with Crippen LogP contribution in [0.3, 0.4) is 0 Å². The topological polar surface area (TPSA) is 46.1 Å². The Kier molecular flexibility index (Phi) is 4.24. The monoisotopic (exact) mass is 241 g/mol. The number of nitrogens with zero attached hydrogens (tertiary/aromatic N) is 3. The lowest BCUT2D eigenvalue weighted by Crippen LogP contribution is -2.36. The average molecular weight is 242 g/mol. The molecule has 0 bridgehead atoms. The molecule has 1 heterocycles. The molecule has 0 spiro atoms. The van der Waals surface area contributed by atoms with Gasteiger partial charge in [0.1, 0.15) is 0 Å². The third-order valence-electron chi connectivity index (χ3n) is 2.54. The Morgan fingerprint density at radius 3 is 2.69 bits per heavy atom. The fourth-order valence-electron chi connectivity index (χ4n) is 1.26. The van der Waals surface area contributed by atoms with E-state index in [0.29, 0.717) is 17.1 Å². The first-order chi connectivity index (χ1) is 7.47. The van der Waals surface area contributed by atoms with Crippen molar-refractivity contribution in [1.29, 1.82) is 0 Å². The van der Waals surface area contributed by atoms with Crippen LogP contribution in [0.4, 0.5) is 0 Å². The van der Waals surface area contributed by atoms with Gasteiger partial charge in [-0.3, -0.25) is 4.79 Å². The second-order valence-electron chi connectivity index (χ2n) is 3.90. The van der Waals surface area contributed by atoms with Crippen LogP contribution in [0.1, 0.15) is 28.7 Å². The summed E-state index contributed by atoms with van der Waals surface area (Å²) >= 11 is 5.73. The van der Waals surface area contributed by atoms with Gasteiger partial charge >= 0.3 is 0 Å². The van der Waals surface area contributed by atoms with Gasteiger partial charge in [0.15, 0.2) is 0 Å². The number of halogens is 1. The third-order valence-corrected chi connectivity index (χ3v) is 2.98. The van der Waals surface area contributed by atoms with Crippen molar-refractivity contribution >= 4 is 17.5 Å². The fourth-order valence-corrected chi connectivity index (χ4v) is 1.47. The quantitative estimate of drug-likeness (QED) is 0.758. The van der Waals surface area contributed by atoms with Gasteiger partial charge in [-0.05, 0) is 26.8 Å². The maximum absolute atomic E-state index is 12.1. The highest BCUT2D eigenvalue weighted by atomic mass is 35.5. The van der Waals surface area contributed by atoms with Gasteiger partial charge in [-0.25, -0.2) is 0 Å². The Morgan fingerprint density at radius 2 is 2.12 bits per heavy atom. The first-order valence-corrected chi connectivity index (χ1v) is 5.65. The molecule has 0 N–H and O–H groups in total. The molecule has 0 aliphatic heterocycles. The molecule has 0 radical (unpaired) electrons. The van der Waals surface area contributed by atoms with E-state index in [1.165, 1.54) is 0 Å². The van der Waals surface area contributed by atoms with E-state index in [1.807, 2.05) is 13.8 Å². The zero-order chi connectivity index (χ0) is 12.3. The van der Waals surface area contributed by atoms with Crippen molar-refractivity contribution in [3.8, 4) is 0 Å². The van der Waals surface area contributed by atoms with Crippen molar-refractivity contribution in [2.45, 2.75) is 26.8 Å². The highest BCUT2D eigenvalue weighted by molar-refractivity contribution is 6.18. The van der Waals surface area contributed by atoms with Gasteiger partial charge in [0.25, 0.3) is 5.91 Å². The van der Waals surface area contributed by atoms with Crippen molar-refractivity contribution in [3.63, 3.8) is 0 Å². The summed E-state index contributed by atoms with van der Waals surface area (Å²) in [6, 6.07) is 1.75. The summed E-state index contributed by atoms with van der Waals surface area (Å²) in [5, 5.41) is 7.84. The molecule has 1 rings (SSSR count). The first-order valence-electron chi connectivity index (χ1n) is 5.11. The van der Waals surface area contributed by atoms with Crippen molar-refractivity contribution < 1.29 is 4.79 Å². The summed E-state index contributed by atoms with van der Waals surface area (Å²) in [4.78, 5) is 13.7. The lowest BCUT2D eigenvalue weighted by atomic mass is 10.1. The van der Waals surface area contributed by atoms with E-state index in [4.69, 9.17) is 11.6 Å². The number of hydrogen-bond acceptors (Lipinski definition) is 3. The number of carbonyl (C=O) groups is 1. The Bertz CT molecular complexity index is 395. The van der Waals surface area contributed by atoms with E-state index in [-0.39, 0.29) is 11.9 Å². The molecule has 0 saturated carbocycles. The average Bonchev–Trinajstić information content (AvgIpc) is 2.29. The lowest BCUT2D eigenvalue weighted by molar-refractivity contribution is 0.0755. The Labute approximate surface area is 101 Å². The van der Waals surface area contributed by atoms with E-state index in [0.717, 1.165) is 5.69 Å². The van der Waals surface area contributed by atoms with Crippen LogP contribution < -0.4 is 0 Å². The SMILES string of the molecule is Cc1cc(C(=O)N(C)C(C)CCl)c(C)nn1. The molecule has 0 aromatic carbocycles. The number of carbonyl (C=O) groups excluding carboxylic acids is 1. The molecular formula is C11H16ClN3O. The van der Waals surface area contributed by atoms with Crippen LogP contribution in [-0.2, 0) is 0 Å². The number of rotatable bonds is 3. The molecule has 16 heavy (non-hydrogen) atoms. The summed E-state index contributed by atoms with van der Waals surface area (Å²) in [6.45, 7) is 5.49. The van der Waals surface area contributed by atoms with Gasteiger partial charge in [-0.1, -0.05) is 0 Å². The summed E-state index contributed by atoms with van der Waals surface area (Å²) in [7, 11) is 1.74. The number of aromatic nitrogens is 2. The molecule has 0 aliphatic carbocycles. The van der Waals surface area contributed by atoms with Crippen molar-refractivity contribution in [1.82, 2.24) is 15.1 Å². The largest absolute Gasteiger partial charge is 0.338 e. The van der Waals surface area contributed by atoms with E-state index in [9.17, 15) is 4.79 Å². The number of amides is 1. The molecule has 1 aromatic rings. The summed E-state index contributed by atoms with van der Waals surface area (Å²) in [6.07, 6.45) is 0. The molecule has 1 atom stereocenters. The minimum absolute atomic E-state index is 0.00189. The maximum atomic E-state index is 12.1. The van der Waals surface area contributed by atoms with Crippen LogP contribution in [0.2, 0.25) is 0 Å². The second-order valence-corrected chi connectivity index (χ2v) is 4.21. The molecule has 0 fully saturated rings. The highest BCUT2D eigenvalue weighted by Gasteiger charge is 2.19. The number of aryl methyl sites for hydroxylation is 2. The fraction of sp³-hybridized carbons (Fsp3) is 0.545. The zero-order valence-corrected chi connectivity index (χ0v) is 10.7. The van der Waals surface area contributed by atoms with Crippen molar-refractivity contribution in [2.75, 3.05) is 12.9 Å². The number of alkyl halides is 1. The predicted octanol–water partition coefficient (Wildman–Crippen LogP) is 1.79. The standard InChI is InChI=1S/C11H16ClN3O/c1-7-5-10(9(3)14-13-7)11(16)15(4)8(2)6-12/h5,8H,6H2,1-4H3. The normalized spacial score (nSPS) is 12.3. The van der Waals surface area contributed by atoms with Gasteiger partial charge < -0.3 is 4.90 Å². The highest BCUT2D eigenvalue weighted by Crippen LogP contribution is 2.11. The van der Waals surface area contributed by atoms with Gasteiger partial charge in [0.2, 0.25) is 0 Å².